The molecule has 1 aromatic rings. The summed E-state index contributed by atoms with van der Waals surface area (Å²) in [4.78, 5) is 12.1. The highest BCUT2D eigenvalue weighted by Crippen LogP contribution is 2.21. The molecule has 0 aliphatic rings. The van der Waals surface area contributed by atoms with Crippen molar-refractivity contribution in [3.63, 3.8) is 0 Å². The molecule has 17 heavy (non-hydrogen) atoms. The predicted octanol–water partition coefficient (Wildman–Crippen LogP) is 1.55. The number of carbonyl (C=O) groups is 1. The first-order valence-corrected chi connectivity index (χ1v) is 5.53. The van der Waals surface area contributed by atoms with Gasteiger partial charge in [0.25, 0.3) is 0 Å². The Morgan fingerprint density at radius 3 is 2.71 bits per heavy atom. The summed E-state index contributed by atoms with van der Waals surface area (Å²) in [6.45, 7) is 2.40. The average molecular weight is 237 g/mol. The fourth-order valence-electron chi connectivity index (χ4n) is 1.59. The average Bonchev–Trinajstić information content (AvgIpc) is 2.34. The molecule has 0 fully saturated rings. The Kier molecular flexibility index (Phi) is 5.12. The van der Waals surface area contributed by atoms with Gasteiger partial charge in [0.1, 0.15) is 5.75 Å². The topological polar surface area (TPSA) is 61.5 Å². The summed E-state index contributed by atoms with van der Waals surface area (Å²) < 4.78 is 10.1. The van der Waals surface area contributed by atoms with Gasteiger partial charge in [-0.25, -0.2) is 0 Å². The molecule has 0 aliphatic heterocycles. The van der Waals surface area contributed by atoms with Crippen molar-refractivity contribution >= 4 is 5.78 Å². The Morgan fingerprint density at radius 2 is 2.12 bits per heavy atom. The highest BCUT2D eigenvalue weighted by Gasteiger charge is 2.19. The quantitative estimate of drug-likeness (QED) is 0.762. The number of benzene rings is 1. The minimum absolute atomic E-state index is 0.109. The second-order valence-corrected chi connectivity index (χ2v) is 3.96. The van der Waals surface area contributed by atoms with Crippen molar-refractivity contribution in [1.29, 1.82) is 0 Å². The molecule has 0 aliphatic carbocycles. The van der Waals surface area contributed by atoms with Gasteiger partial charge in [-0.15, -0.1) is 0 Å². The van der Waals surface area contributed by atoms with Crippen molar-refractivity contribution in [2.45, 2.75) is 19.4 Å². The first-order valence-electron chi connectivity index (χ1n) is 5.53. The van der Waals surface area contributed by atoms with Gasteiger partial charge in [-0.2, -0.15) is 0 Å². The van der Waals surface area contributed by atoms with Gasteiger partial charge < -0.3 is 15.2 Å². The molecule has 0 spiro atoms. The standard InChI is InChI=1S/C13H19NO3/c1-9-4-5-12(17-3)10(8-9)13(15)11(14)6-7-16-2/h4-5,8,11H,6-7,14H2,1-3H3. The summed E-state index contributed by atoms with van der Waals surface area (Å²) >= 11 is 0. The lowest BCUT2D eigenvalue weighted by Gasteiger charge is -2.13. The largest absolute Gasteiger partial charge is 0.496 e. The predicted molar refractivity (Wildman–Crippen MR) is 66.5 cm³/mol. The summed E-state index contributed by atoms with van der Waals surface area (Å²) in [7, 11) is 3.13. The number of hydrogen-bond acceptors (Lipinski definition) is 4. The van der Waals surface area contributed by atoms with Crippen molar-refractivity contribution in [3.05, 3.63) is 29.3 Å². The van der Waals surface area contributed by atoms with Crippen molar-refractivity contribution in [3.8, 4) is 5.75 Å². The van der Waals surface area contributed by atoms with Crippen LogP contribution in [0.2, 0.25) is 0 Å². The number of ether oxygens (including phenoxy) is 2. The Labute approximate surface area is 102 Å². The van der Waals surface area contributed by atoms with Gasteiger partial charge in [-0.05, 0) is 25.5 Å². The fraction of sp³-hybridized carbons (Fsp3) is 0.462. The van der Waals surface area contributed by atoms with Gasteiger partial charge in [-0.1, -0.05) is 11.6 Å². The van der Waals surface area contributed by atoms with Gasteiger partial charge in [-0.3, -0.25) is 4.79 Å². The van der Waals surface area contributed by atoms with Crippen LogP contribution < -0.4 is 10.5 Å². The van der Waals surface area contributed by atoms with Crippen LogP contribution in [0.5, 0.6) is 5.75 Å². The van der Waals surface area contributed by atoms with E-state index in [1.54, 1.807) is 26.4 Å². The number of rotatable bonds is 6. The number of Topliss-reactive ketones (excluding diaryl/α,β-unsaturated/α-hetero) is 1. The number of carbonyl (C=O) groups excluding carboxylic acids is 1. The van der Waals surface area contributed by atoms with E-state index < -0.39 is 6.04 Å². The summed E-state index contributed by atoms with van der Waals surface area (Å²) in [5.41, 5.74) is 7.37. The molecular weight excluding hydrogens is 218 g/mol. The molecule has 0 heterocycles. The Bertz CT molecular complexity index is 390. The Hall–Kier alpha value is -1.39. The Balaban J connectivity index is 2.90. The lowest BCUT2D eigenvalue weighted by molar-refractivity contribution is 0.0932. The number of ketones is 1. The molecule has 0 aromatic heterocycles. The summed E-state index contributed by atoms with van der Waals surface area (Å²) in [6, 6.07) is 4.93. The van der Waals surface area contributed by atoms with Gasteiger partial charge in [0.2, 0.25) is 0 Å². The molecular formula is C13H19NO3. The number of methoxy groups -OCH3 is 2. The minimum Gasteiger partial charge on any atom is -0.496 e. The second kappa shape index (κ2) is 6.37. The molecule has 0 radical (unpaired) electrons. The van der Waals surface area contributed by atoms with Gasteiger partial charge >= 0.3 is 0 Å². The number of hydrogen-bond donors (Lipinski definition) is 1. The smallest absolute Gasteiger partial charge is 0.183 e. The van der Waals surface area contributed by atoms with E-state index in [-0.39, 0.29) is 5.78 Å². The molecule has 2 N–H and O–H groups in total. The molecule has 94 valence electrons. The third kappa shape index (κ3) is 3.54. The Morgan fingerprint density at radius 1 is 1.41 bits per heavy atom. The molecule has 1 aromatic carbocycles. The number of nitrogens with two attached hydrogens (primary N) is 1. The van der Waals surface area contributed by atoms with E-state index in [0.29, 0.717) is 24.3 Å². The monoisotopic (exact) mass is 237 g/mol. The molecule has 1 atom stereocenters. The van der Waals surface area contributed by atoms with Crippen LogP contribution >= 0.6 is 0 Å². The molecule has 0 saturated carbocycles. The van der Waals surface area contributed by atoms with E-state index >= 15 is 0 Å². The minimum atomic E-state index is -0.550. The third-order valence-corrected chi connectivity index (χ3v) is 2.59. The van der Waals surface area contributed by atoms with Crippen molar-refractivity contribution < 1.29 is 14.3 Å². The van der Waals surface area contributed by atoms with E-state index in [1.165, 1.54) is 0 Å². The molecule has 4 heteroatoms. The maximum Gasteiger partial charge on any atom is 0.183 e. The zero-order chi connectivity index (χ0) is 12.8. The zero-order valence-electron chi connectivity index (χ0n) is 10.5. The summed E-state index contributed by atoms with van der Waals surface area (Å²) in [6.07, 6.45) is 0.506. The summed E-state index contributed by atoms with van der Waals surface area (Å²) in [5, 5.41) is 0. The fourth-order valence-corrected chi connectivity index (χ4v) is 1.59. The van der Waals surface area contributed by atoms with E-state index in [0.717, 1.165) is 5.56 Å². The summed E-state index contributed by atoms with van der Waals surface area (Å²) in [5.74, 6) is 0.455. The normalized spacial score (nSPS) is 12.2. The molecule has 0 amide bonds. The second-order valence-electron chi connectivity index (χ2n) is 3.96. The van der Waals surface area contributed by atoms with E-state index in [2.05, 4.69) is 0 Å². The van der Waals surface area contributed by atoms with Gasteiger partial charge in [0, 0.05) is 13.7 Å². The van der Waals surface area contributed by atoms with Gasteiger partial charge in [0.05, 0.1) is 18.7 Å². The van der Waals surface area contributed by atoms with Crippen LogP contribution in [0.1, 0.15) is 22.3 Å². The maximum absolute atomic E-state index is 12.1. The third-order valence-electron chi connectivity index (χ3n) is 2.59. The van der Waals surface area contributed by atoms with Gasteiger partial charge in [0.15, 0.2) is 5.78 Å². The lowest BCUT2D eigenvalue weighted by atomic mass is 10.00. The highest BCUT2D eigenvalue weighted by molar-refractivity contribution is 6.02. The molecule has 1 unspecified atom stereocenters. The first-order chi connectivity index (χ1) is 8.10. The first kappa shape index (κ1) is 13.7. The highest BCUT2D eigenvalue weighted by atomic mass is 16.5. The SMILES string of the molecule is COCCC(N)C(=O)c1cc(C)ccc1OC. The van der Waals surface area contributed by atoms with E-state index in [4.69, 9.17) is 15.2 Å². The van der Waals surface area contributed by atoms with Crippen molar-refractivity contribution in [1.82, 2.24) is 0 Å². The molecule has 0 bridgehead atoms. The van der Waals surface area contributed by atoms with Crippen molar-refractivity contribution in [2.24, 2.45) is 5.73 Å². The number of aryl methyl sites for hydroxylation is 1. The molecule has 1 rings (SSSR count). The zero-order valence-corrected chi connectivity index (χ0v) is 10.5. The molecule has 0 saturated heterocycles. The van der Waals surface area contributed by atoms with Crippen LogP contribution in [0, 0.1) is 6.92 Å². The van der Waals surface area contributed by atoms with Crippen LogP contribution in [0.25, 0.3) is 0 Å². The van der Waals surface area contributed by atoms with Crippen LogP contribution in [0.4, 0.5) is 0 Å². The van der Waals surface area contributed by atoms with Crippen LogP contribution in [0.3, 0.4) is 0 Å². The van der Waals surface area contributed by atoms with E-state index in [9.17, 15) is 4.79 Å². The van der Waals surface area contributed by atoms with Crippen LogP contribution in [0.15, 0.2) is 18.2 Å². The van der Waals surface area contributed by atoms with Crippen LogP contribution in [-0.2, 0) is 4.74 Å². The van der Waals surface area contributed by atoms with Crippen molar-refractivity contribution in [2.75, 3.05) is 20.8 Å². The maximum atomic E-state index is 12.1. The van der Waals surface area contributed by atoms with E-state index in [1.807, 2.05) is 13.0 Å². The van der Waals surface area contributed by atoms with Crippen LogP contribution in [-0.4, -0.2) is 32.7 Å². The molecule has 4 nitrogen and oxygen atoms in total. The lowest BCUT2D eigenvalue weighted by Crippen LogP contribution is -2.32.